The van der Waals surface area contributed by atoms with E-state index >= 15 is 0 Å². The van der Waals surface area contributed by atoms with Crippen molar-refractivity contribution in [1.82, 2.24) is 0 Å². The molecular formula is C18H22O8. The van der Waals surface area contributed by atoms with Crippen molar-refractivity contribution in [2.75, 3.05) is 13.2 Å². The number of hydrogen-bond acceptors (Lipinski definition) is 8. The second kappa shape index (κ2) is 10.2. The van der Waals surface area contributed by atoms with Crippen LogP contribution in [0.5, 0.6) is 0 Å². The summed E-state index contributed by atoms with van der Waals surface area (Å²) >= 11 is 0. The lowest BCUT2D eigenvalue weighted by Crippen LogP contribution is -2.27. The van der Waals surface area contributed by atoms with Gasteiger partial charge in [-0.3, -0.25) is 0 Å². The van der Waals surface area contributed by atoms with Crippen molar-refractivity contribution in [3.8, 4) is 0 Å². The number of esters is 4. The van der Waals surface area contributed by atoms with Crippen molar-refractivity contribution >= 4 is 23.9 Å². The minimum Gasteiger partial charge on any atom is -0.463 e. The minimum atomic E-state index is -1.04. The van der Waals surface area contributed by atoms with E-state index in [0.717, 1.165) is 0 Å². The van der Waals surface area contributed by atoms with Gasteiger partial charge in [-0.2, -0.15) is 0 Å². The third-order valence-electron chi connectivity index (χ3n) is 3.16. The Balaban J connectivity index is 2.67. The molecule has 0 saturated heterocycles. The molecule has 2 unspecified atom stereocenters. The predicted octanol–water partition coefficient (Wildman–Crippen LogP) is 1.90. The fourth-order valence-electron chi connectivity index (χ4n) is 1.82. The molecule has 2 atom stereocenters. The SMILES string of the molecule is CCOC(=O)C(C)OC(=O)c1ccc(C(=O)OC(C)C(=O)OCC)cc1. The highest BCUT2D eigenvalue weighted by Crippen LogP contribution is 2.10. The van der Waals surface area contributed by atoms with E-state index in [1.807, 2.05) is 0 Å². The Kier molecular flexibility index (Phi) is 8.27. The second-order valence-electron chi connectivity index (χ2n) is 5.18. The summed E-state index contributed by atoms with van der Waals surface area (Å²) in [5.74, 6) is -2.75. The standard InChI is InChI=1S/C18H22O8/c1-5-23-15(19)11(3)25-17(21)13-7-9-14(10-8-13)18(22)26-12(4)16(20)24-6-2/h7-12H,5-6H2,1-4H3. The minimum absolute atomic E-state index is 0.149. The van der Waals surface area contributed by atoms with Gasteiger partial charge < -0.3 is 18.9 Å². The summed E-state index contributed by atoms with van der Waals surface area (Å²) in [7, 11) is 0. The van der Waals surface area contributed by atoms with Gasteiger partial charge in [-0.05, 0) is 52.0 Å². The summed E-state index contributed by atoms with van der Waals surface area (Å²) in [6.45, 7) is 6.46. The molecule has 26 heavy (non-hydrogen) atoms. The summed E-state index contributed by atoms with van der Waals surface area (Å²) in [6.07, 6.45) is -2.09. The van der Waals surface area contributed by atoms with Crippen LogP contribution >= 0.6 is 0 Å². The Labute approximate surface area is 151 Å². The van der Waals surface area contributed by atoms with Crippen LogP contribution in [0.4, 0.5) is 0 Å². The van der Waals surface area contributed by atoms with Crippen molar-refractivity contribution in [3.63, 3.8) is 0 Å². The average Bonchev–Trinajstić information content (AvgIpc) is 2.62. The Morgan fingerprint density at radius 1 is 0.731 bits per heavy atom. The maximum Gasteiger partial charge on any atom is 0.347 e. The van der Waals surface area contributed by atoms with Crippen LogP contribution in [0.15, 0.2) is 24.3 Å². The highest BCUT2D eigenvalue weighted by atomic mass is 16.6. The fourth-order valence-corrected chi connectivity index (χ4v) is 1.82. The van der Waals surface area contributed by atoms with Gasteiger partial charge in [-0.15, -0.1) is 0 Å². The number of benzene rings is 1. The molecule has 0 saturated carbocycles. The van der Waals surface area contributed by atoms with Gasteiger partial charge in [0.1, 0.15) is 0 Å². The van der Waals surface area contributed by atoms with E-state index in [1.165, 1.54) is 38.1 Å². The first kappa shape index (κ1) is 21.1. The highest BCUT2D eigenvalue weighted by molar-refractivity contribution is 5.95. The number of rotatable bonds is 8. The van der Waals surface area contributed by atoms with Crippen molar-refractivity contribution < 1.29 is 38.1 Å². The molecule has 1 rings (SSSR count). The van der Waals surface area contributed by atoms with Crippen molar-refractivity contribution in [3.05, 3.63) is 35.4 Å². The van der Waals surface area contributed by atoms with Crippen LogP contribution in [-0.2, 0) is 28.5 Å². The van der Waals surface area contributed by atoms with E-state index in [0.29, 0.717) is 0 Å². The second-order valence-corrected chi connectivity index (χ2v) is 5.18. The molecule has 8 heteroatoms. The zero-order chi connectivity index (χ0) is 19.7. The lowest BCUT2D eigenvalue weighted by molar-refractivity contribution is -0.153. The molecule has 1 aromatic rings. The van der Waals surface area contributed by atoms with Gasteiger partial charge >= 0.3 is 23.9 Å². The first-order chi connectivity index (χ1) is 12.3. The Morgan fingerprint density at radius 3 is 1.31 bits per heavy atom. The zero-order valence-electron chi connectivity index (χ0n) is 15.1. The third-order valence-corrected chi connectivity index (χ3v) is 3.16. The summed E-state index contributed by atoms with van der Waals surface area (Å²) < 4.78 is 19.5. The lowest BCUT2D eigenvalue weighted by Gasteiger charge is -2.13. The first-order valence-corrected chi connectivity index (χ1v) is 8.15. The van der Waals surface area contributed by atoms with Gasteiger partial charge in [-0.1, -0.05) is 0 Å². The van der Waals surface area contributed by atoms with Crippen LogP contribution < -0.4 is 0 Å². The molecule has 0 spiro atoms. The molecule has 0 radical (unpaired) electrons. The Hall–Kier alpha value is -2.90. The molecule has 0 amide bonds. The third kappa shape index (κ3) is 6.19. The van der Waals surface area contributed by atoms with Crippen molar-refractivity contribution in [2.24, 2.45) is 0 Å². The quantitative estimate of drug-likeness (QED) is 0.507. The summed E-state index contributed by atoms with van der Waals surface area (Å²) in [6, 6.07) is 5.41. The van der Waals surface area contributed by atoms with Crippen LogP contribution in [0, 0.1) is 0 Å². The van der Waals surface area contributed by atoms with E-state index in [9.17, 15) is 19.2 Å². The first-order valence-electron chi connectivity index (χ1n) is 8.15. The fraction of sp³-hybridized carbons (Fsp3) is 0.444. The maximum atomic E-state index is 12.0. The molecule has 0 fully saturated rings. The molecule has 0 bridgehead atoms. The van der Waals surface area contributed by atoms with Gasteiger partial charge in [0.2, 0.25) is 0 Å². The number of hydrogen-bond donors (Lipinski definition) is 0. The van der Waals surface area contributed by atoms with Crippen LogP contribution in [0.25, 0.3) is 0 Å². The molecule has 0 aromatic heterocycles. The van der Waals surface area contributed by atoms with Crippen molar-refractivity contribution in [1.29, 1.82) is 0 Å². The molecule has 0 aliphatic heterocycles. The van der Waals surface area contributed by atoms with Gasteiger partial charge in [0.05, 0.1) is 24.3 Å². The van der Waals surface area contributed by atoms with Gasteiger partial charge in [0.15, 0.2) is 12.2 Å². The molecule has 1 aromatic carbocycles. The van der Waals surface area contributed by atoms with Crippen LogP contribution in [-0.4, -0.2) is 49.3 Å². The van der Waals surface area contributed by atoms with Gasteiger partial charge in [-0.25, -0.2) is 19.2 Å². The van der Waals surface area contributed by atoms with E-state index in [-0.39, 0.29) is 24.3 Å². The molecule has 0 aliphatic carbocycles. The summed E-state index contributed by atoms with van der Waals surface area (Å²) in [5, 5.41) is 0. The topological polar surface area (TPSA) is 105 Å². The monoisotopic (exact) mass is 366 g/mol. The molecule has 0 aliphatic rings. The molecule has 8 nitrogen and oxygen atoms in total. The molecule has 0 heterocycles. The predicted molar refractivity (Wildman–Crippen MR) is 89.5 cm³/mol. The number of carbonyl (C=O) groups is 4. The Morgan fingerprint density at radius 2 is 1.04 bits per heavy atom. The smallest absolute Gasteiger partial charge is 0.347 e. The zero-order valence-corrected chi connectivity index (χ0v) is 15.1. The molecule has 142 valence electrons. The van der Waals surface area contributed by atoms with E-state index < -0.39 is 36.1 Å². The van der Waals surface area contributed by atoms with E-state index in [4.69, 9.17) is 18.9 Å². The van der Waals surface area contributed by atoms with E-state index in [2.05, 4.69) is 0 Å². The average molecular weight is 366 g/mol. The van der Waals surface area contributed by atoms with Crippen LogP contribution in [0.3, 0.4) is 0 Å². The maximum absolute atomic E-state index is 12.0. The van der Waals surface area contributed by atoms with Gasteiger partial charge in [0, 0.05) is 0 Å². The highest BCUT2D eigenvalue weighted by Gasteiger charge is 2.22. The summed E-state index contributed by atoms with van der Waals surface area (Å²) in [4.78, 5) is 46.9. The number of ether oxygens (including phenoxy) is 4. The normalized spacial score (nSPS) is 12.5. The number of carbonyl (C=O) groups excluding carboxylic acids is 4. The van der Waals surface area contributed by atoms with Crippen LogP contribution in [0.1, 0.15) is 48.4 Å². The molecule has 0 N–H and O–H groups in total. The largest absolute Gasteiger partial charge is 0.463 e. The van der Waals surface area contributed by atoms with Gasteiger partial charge in [0.25, 0.3) is 0 Å². The Bertz CT molecular complexity index is 593. The van der Waals surface area contributed by atoms with Crippen LogP contribution in [0.2, 0.25) is 0 Å². The van der Waals surface area contributed by atoms with Crippen molar-refractivity contribution in [2.45, 2.75) is 39.9 Å². The van der Waals surface area contributed by atoms with E-state index in [1.54, 1.807) is 13.8 Å². The molecular weight excluding hydrogens is 344 g/mol. The lowest BCUT2D eigenvalue weighted by atomic mass is 10.1. The summed E-state index contributed by atoms with van der Waals surface area (Å²) in [5.41, 5.74) is 0.298.